The standard InChI is InChI=1S/C16H13N3/c1-12-10-15(13-5-8-17-9-6-13)19-16(11-12)14-4-2-3-7-18-14/h2-11H,1H3. The Morgan fingerprint density at radius 3 is 2.32 bits per heavy atom. The molecule has 0 atom stereocenters. The Morgan fingerprint density at radius 2 is 1.58 bits per heavy atom. The van der Waals surface area contributed by atoms with Crippen molar-refractivity contribution >= 4 is 0 Å². The van der Waals surface area contributed by atoms with Gasteiger partial charge in [-0.3, -0.25) is 9.97 Å². The molecule has 3 heterocycles. The first-order valence-corrected chi connectivity index (χ1v) is 6.13. The van der Waals surface area contributed by atoms with Crippen LogP contribution in [0.5, 0.6) is 0 Å². The van der Waals surface area contributed by atoms with E-state index in [0.717, 1.165) is 22.6 Å². The minimum atomic E-state index is 0.890. The van der Waals surface area contributed by atoms with Gasteiger partial charge >= 0.3 is 0 Å². The van der Waals surface area contributed by atoms with Crippen LogP contribution in [0.3, 0.4) is 0 Å². The van der Waals surface area contributed by atoms with E-state index in [0.29, 0.717) is 0 Å². The molecule has 3 aromatic heterocycles. The van der Waals surface area contributed by atoms with Gasteiger partial charge in [0.05, 0.1) is 17.1 Å². The second kappa shape index (κ2) is 4.98. The molecule has 0 N–H and O–H groups in total. The molecule has 0 aliphatic rings. The van der Waals surface area contributed by atoms with Gasteiger partial charge in [0.1, 0.15) is 0 Å². The number of rotatable bonds is 2. The van der Waals surface area contributed by atoms with E-state index in [-0.39, 0.29) is 0 Å². The zero-order valence-electron chi connectivity index (χ0n) is 10.6. The quantitative estimate of drug-likeness (QED) is 0.695. The summed E-state index contributed by atoms with van der Waals surface area (Å²) in [5.74, 6) is 0. The van der Waals surface area contributed by atoms with Crippen LogP contribution in [0.1, 0.15) is 5.56 Å². The fourth-order valence-electron chi connectivity index (χ4n) is 1.98. The maximum Gasteiger partial charge on any atom is 0.0896 e. The normalized spacial score (nSPS) is 10.4. The summed E-state index contributed by atoms with van der Waals surface area (Å²) in [7, 11) is 0. The lowest BCUT2D eigenvalue weighted by Crippen LogP contribution is -1.92. The molecular weight excluding hydrogens is 234 g/mol. The smallest absolute Gasteiger partial charge is 0.0896 e. The average molecular weight is 247 g/mol. The third kappa shape index (κ3) is 2.50. The van der Waals surface area contributed by atoms with E-state index in [1.165, 1.54) is 5.56 Å². The van der Waals surface area contributed by atoms with E-state index >= 15 is 0 Å². The topological polar surface area (TPSA) is 38.7 Å². The highest BCUT2D eigenvalue weighted by Gasteiger charge is 2.05. The fraction of sp³-hybridized carbons (Fsp3) is 0.0625. The molecular formula is C16H13N3. The SMILES string of the molecule is Cc1cc(-c2ccncc2)nc(-c2ccccn2)c1. The molecule has 3 aromatic rings. The molecule has 0 unspecified atom stereocenters. The van der Waals surface area contributed by atoms with Crippen molar-refractivity contribution in [3.05, 3.63) is 66.6 Å². The second-order valence-electron chi connectivity index (χ2n) is 4.37. The van der Waals surface area contributed by atoms with Crippen LogP contribution < -0.4 is 0 Å². The molecule has 0 amide bonds. The van der Waals surface area contributed by atoms with Crippen LogP contribution in [0.15, 0.2) is 61.1 Å². The molecule has 0 saturated carbocycles. The van der Waals surface area contributed by atoms with Crippen molar-refractivity contribution in [2.45, 2.75) is 6.92 Å². The third-order valence-electron chi connectivity index (χ3n) is 2.87. The van der Waals surface area contributed by atoms with E-state index in [2.05, 4.69) is 27.9 Å². The Bertz CT molecular complexity index is 621. The average Bonchev–Trinajstić information content (AvgIpc) is 2.48. The van der Waals surface area contributed by atoms with Crippen LogP contribution >= 0.6 is 0 Å². The largest absolute Gasteiger partial charge is 0.265 e. The van der Waals surface area contributed by atoms with Crippen molar-refractivity contribution in [1.29, 1.82) is 0 Å². The number of nitrogens with zero attached hydrogens (tertiary/aromatic N) is 3. The van der Waals surface area contributed by atoms with Crippen molar-refractivity contribution in [1.82, 2.24) is 15.0 Å². The Morgan fingerprint density at radius 1 is 0.789 bits per heavy atom. The summed E-state index contributed by atoms with van der Waals surface area (Å²) in [4.78, 5) is 13.1. The van der Waals surface area contributed by atoms with Crippen molar-refractivity contribution in [3.8, 4) is 22.6 Å². The summed E-state index contributed by atoms with van der Waals surface area (Å²) < 4.78 is 0. The zero-order valence-corrected chi connectivity index (χ0v) is 10.6. The Labute approximate surface area is 112 Å². The summed E-state index contributed by atoms with van der Waals surface area (Å²) in [5.41, 5.74) is 4.97. The van der Waals surface area contributed by atoms with Crippen molar-refractivity contribution < 1.29 is 0 Å². The lowest BCUT2D eigenvalue weighted by atomic mass is 10.1. The molecule has 0 aromatic carbocycles. The van der Waals surface area contributed by atoms with Crippen molar-refractivity contribution in [3.63, 3.8) is 0 Å². The van der Waals surface area contributed by atoms with Crippen LogP contribution in [0.4, 0.5) is 0 Å². The number of aryl methyl sites for hydroxylation is 1. The summed E-state index contributed by atoms with van der Waals surface area (Å²) in [6.45, 7) is 2.07. The second-order valence-corrected chi connectivity index (χ2v) is 4.37. The highest BCUT2D eigenvalue weighted by Crippen LogP contribution is 2.22. The van der Waals surface area contributed by atoms with Crippen molar-refractivity contribution in [2.75, 3.05) is 0 Å². The lowest BCUT2D eigenvalue weighted by molar-refractivity contribution is 1.22. The monoisotopic (exact) mass is 247 g/mol. The molecule has 3 rings (SSSR count). The molecule has 0 aliphatic heterocycles. The highest BCUT2D eigenvalue weighted by molar-refractivity contribution is 5.65. The fourth-order valence-corrected chi connectivity index (χ4v) is 1.98. The number of hydrogen-bond donors (Lipinski definition) is 0. The maximum absolute atomic E-state index is 4.68. The molecule has 92 valence electrons. The summed E-state index contributed by atoms with van der Waals surface area (Å²) >= 11 is 0. The number of aromatic nitrogens is 3. The van der Waals surface area contributed by atoms with E-state index in [1.807, 2.05) is 36.4 Å². The van der Waals surface area contributed by atoms with Crippen LogP contribution in [-0.4, -0.2) is 15.0 Å². The zero-order chi connectivity index (χ0) is 13.1. The molecule has 3 nitrogen and oxygen atoms in total. The maximum atomic E-state index is 4.68. The van der Waals surface area contributed by atoms with Gasteiger partial charge in [-0.25, -0.2) is 4.98 Å². The summed E-state index contributed by atoms with van der Waals surface area (Å²) in [6, 6.07) is 13.9. The van der Waals surface area contributed by atoms with Crippen LogP contribution in [-0.2, 0) is 0 Å². The first kappa shape index (κ1) is 11.5. The van der Waals surface area contributed by atoms with E-state index in [9.17, 15) is 0 Å². The van der Waals surface area contributed by atoms with Gasteiger partial charge in [-0.15, -0.1) is 0 Å². The summed E-state index contributed by atoms with van der Waals surface area (Å²) in [6.07, 6.45) is 5.34. The van der Waals surface area contributed by atoms with Gasteiger partial charge < -0.3 is 0 Å². The molecule has 3 heteroatoms. The molecule has 0 bridgehead atoms. The molecule has 0 fully saturated rings. The van der Waals surface area contributed by atoms with Gasteiger partial charge in [0.2, 0.25) is 0 Å². The first-order valence-electron chi connectivity index (χ1n) is 6.13. The first-order chi connectivity index (χ1) is 9.33. The van der Waals surface area contributed by atoms with Gasteiger partial charge in [0.15, 0.2) is 0 Å². The minimum absolute atomic E-state index is 0.890. The predicted molar refractivity (Wildman–Crippen MR) is 75.4 cm³/mol. The molecule has 0 aliphatic carbocycles. The minimum Gasteiger partial charge on any atom is -0.265 e. The predicted octanol–water partition coefficient (Wildman–Crippen LogP) is 3.51. The lowest BCUT2D eigenvalue weighted by Gasteiger charge is -2.06. The van der Waals surface area contributed by atoms with Crippen LogP contribution in [0.25, 0.3) is 22.6 Å². The van der Waals surface area contributed by atoms with Crippen molar-refractivity contribution in [2.24, 2.45) is 0 Å². The molecule has 19 heavy (non-hydrogen) atoms. The highest BCUT2D eigenvalue weighted by atomic mass is 14.8. The number of hydrogen-bond acceptors (Lipinski definition) is 3. The van der Waals surface area contributed by atoms with Crippen LogP contribution in [0.2, 0.25) is 0 Å². The number of pyridine rings is 3. The molecule has 0 spiro atoms. The van der Waals surface area contributed by atoms with Gasteiger partial charge in [-0.05, 0) is 48.9 Å². The third-order valence-corrected chi connectivity index (χ3v) is 2.87. The van der Waals surface area contributed by atoms with E-state index in [1.54, 1.807) is 18.6 Å². The van der Waals surface area contributed by atoms with Gasteiger partial charge in [0.25, 0.3) is 0 Å². The Balaban J connectivity index is 2.12. The van der Waals surface area contributed by atoms with Gasteiger partial charge in [-0.2, -0.15) is 0 Å². The van der Waals surface area contributed by atoms with Gasteiger partial charge in [0, 0.05) is 24.2 Å². The molecule has 0 radical (unpaired) electrons. The van der Waals surface area contributed by atoms with E-state index in [4.69, 9.17) is 0 Å². The van der Waals surface area contributed by atoms with Crippen LogP contribution in [0, 0.1) is 6.92 Å². The van der Waals surface area contributed by atoms with E-state index < -0.39 is 0 Å². The summed E-state index contributed by atoms with van der Waals surface area (Å²) in [5, 5.41) is 0. The Hall–Kier alpha value is -2.55. The van der Waals surface area contributed by atoms with Gasteiger partial charge in [-0.1, -0.05) is 6.07 Å². The Kier molecular flexibility index (Phi) is 3.02. The molecule has 0 saturated heterocycles.